The van der Waals surface area contributed by atoms with Crippen LogP contribution >= 0.6 is 0 Å². The van der Waals surface area contributed by atoms with E-state index >= 15 is 0 Å². The van der Waals surface area contributed by atoms with Crippen molar-refractivity contribution in [2.24, 2.45) is 0 Å². The Morgan fingerprint density at radius 1 is 0.431 bits per heavy atom. The SMILES string of the molecule is C1=C(N(c2ccc(-c3ccccc3)cc2)c2cccc(-c3cccc4c3c3ccc(-c5ccccc5)cc3n4-c3ccccc3)c2)CC=c2c=1ccc1ccccc21. The van der Waals surface area contributed by atoms with Gasteiger partial charge in [0.1, 0.15) is 0 Å². The molecule has 0 aliphatic heterocycles. The second kappa shape index (κ2) is 14.1. The van der Waals surface area contributed by atoms with Crippen LogP contribution in [0.25, 0.3) is 83.5 Å². The Morgan fingerprint density at radius 2 is 1.09 bits per heavy atom. The lowest BCUT2D eigenvalue weighted by atomic mass is 9.97. The molecule has 58 heavy (non-hydrogen) atoms. The van der Waals surface area contributed by atoms with Crippen LogP contribution in [0.1, 0.15) is 6.42 Å². The van der Waals surface area contributed by atoms with Crippen molar-refractivity contribution in [1.82, 2.24) is 4.57 Å². The lowest BCUT2D eigenvalue weighted by molar-refractivity contribution is 1.11. The van der Waals surface area contributed by atoms with E-state index in [1.54, 1.807) is 0 Å². The molecule has 11 rings (SSSR count). The van der Waals surface area contributed by atoms with Gasteiger partial charge in [-0.25, -0.2) is 0 Å². The molecule has 0 saturated carbocycles. The number of allylic oxidation sites excluding steroid dienone is 1. The minimum absolute atomic E-state index is 0.759. The molecule has 272 valence electrons. The Kier molecular flexibility index (Phi) is 8.21. The van der Waals surface area contributed by atoms with Crippen molar-refractivity contribution < 1.29 is 0 Å². The molecule has 1 heterocycles. The molecule has 0 saturated heterocycles. The highest BCUT2D eigenvalue weighted by molar-refractivity contribution is 6.16. The van der Waals surface area contributed by atoms with E-state index in [4.69, 9.17) is 0 Å². The standard InChI is InChI=1S/C56H38N2/c1-4-14-39(15-5-1)41-28-31-47(32-29-41)57(49-33-35-51-45(37-49)27-26-42-18-10-11-23-50(42)51)48-22-12-19-44(36-48)52-24-13-25-54-56(52)53-34-30-43(40-16-6-2-7-17-40)38-55(53)58(54)46-20-8-3-9-21-46/h1-32,34-36,38H,33H2. The van der Waals surface area contributed by atoms with E-state index in [2.05, 4.69) is 234 Å². The fourth-order valence-corrected chi connectivity index (χ4v) is 8.86. The van der Waals surface area contributed by atoms with Crippen molar-refractivity contribution in [2.45, 2.75) is 6.42 Å². The zero-order valence-electron chi connectivity index (χ0n) is 31.9. The average Bonchev–Trinajstić information content (AvgIpc) is 3.64. The fraction of sp³-hybridized carbons (Fsp3) is 0.0179. The number of nitrogens with zero attached hydrogens (tertiary/aromatic N) is 2. The first-order valence-electron chi connectivity index (χ1n) is 20.0. The highest BCUT2D eigenvalue weighted by Gasteiger charge is 2.20. The molecule has 1 aromatic heterocycles. The Hall–Kier alpha value is -7.64. The highest BCUT2D eigenvalue weighted by atomic mass is 15.1. The van der Waals surface area contributed by atoms with Gasteiger partial charge in [0.15, 0.2) is 0 Å². The zero-order valence-corrected chi connectivity index (χ0v) is 31.9. The molecule has 0 fully saturated rings. The minimum atomic E-state index is 0.759. The number of fused-ring (bicyclic) bond motifs is 6. The van der Waals surface area contributed by atoms with Crippen molar-refractivity contribution in [3.63, 3.8) is 0 Å². The van der Waals surface area contributed by atoms with Crippen molar-refractivity contribution >= 4 is 55.8 Å². The summed E-state index contributed by atoms with van der Waals surface area (Å²) in [5.41, 5.74) is 17.9. The molecule has 0 bridgehead atoms. The molecule has 1 aliphatic carbocycles. The van der Waals surface area contributed by atoms with E-state index in [-0.39, 0.29) is 0 Å². The first-order chi connectivity index (χ1) is 28.8. The molecule has 0 N–H and O–H groups in total. The van der Waals surface area contributed by atoms with Crippen molar-refractivity contribution in [2.75, 3.05) is 4.90 Å². The van der Waals surface area contributed by atoms with Crippen molar-refractivity contribution in [1.29, 1.82) is 0 Å². The summed E-state index contributed by atoms with van der Waals surface area (Å²) in [6.07, 6.45) is 3.14. The summed E-state index contributed by atoms with van der Waals surface area (Å²) in [6, 6.07) is 76.8. The summed E-state index contributed by atoms with van der Waals surface area (Å²) in [6.45, 7) is 0. The van der Waals surface area contributed by atoms with Crippen LogP contribution in [0.4, 0.5) is 11.4 Å². The van der Waals surface area contributed by atoms with Crippen LogP contribution in [0.2, 0.25) is 0 Å². The predicted molar refractivity (Wildman–Crippen MR) is 245 cm³/mol. The second-order valence-corrected chi connectivity index (χ2v) is 15.0. The van der Waals surface area contributed by atoms with Gasteiger partial charge < -0.3 is 9.47 Å². The van der Waals surface area contributed by atoms with Gasteiger partial charge in [-0.3, -0.25) is 0 Å². The molecule has 10 aromatic rings. The number of aromatic nitrogens is 1. The van der Waals surface area contributed by atoms with Gasteiger partial charge in [-0.15, -0.1) is 0 Å². The van der Waals surface area contributed by atoms with Gasteiger partial charge >= 0.3 is 0 Å². The molecular weight excluding hydrogens is 701 g/mol. The Bertz CT molecular complexity index is 3320. The van der Waals surface area contributed by atoms with E-state index in [1.165, 1.54) is 71.2 Å². The summed E-state index contributed by atoms with van der Waals surface area (Å²) in [5.74, 6) is 0. The minimum Gasteiger partial charge on any atom is -0.309 e. The molecule has 0 atom stereocenters. The van der Waals surface area contributed by atoms with Crippen LogP contribution in [-0.2, 0) is 0 Å². The maximum Gasteiger partial charge on any atom is 0.0700 e. The normalized spacial score (nSPS) is 12.2. The number of rotatable bonds is 7. The van der Waals surface area contributed by atoms with Gasteiger partial charge in [0.2, 0.25) is 0 Å². The van der Waals surface area contributed by atoms with E-state index in [1.807, 2.05) is 0 Å². The van der Waals surface area contributed by atoms with Gasteiger partial charge in [-0.1, -0.05) is 170 Å². The van der Waals surface area contributed by atoms with Crippen LogP contribution in [0.15, 0.2) is 218 Å². The van der Waals surface area contributed by atoms with E-state index < -0.39 is 0 Å². The topological polar surface area (TPSA) is 8.17 Å². The Labute approximate surface area is 337 Å². The summed E-state index contributed by atoms with van der Waals surface area (Å²) >= 11 is 0. The quantitative estimate of drug-likeness (QED) is 0.158. The summed E-state index contributed by atoms with van der Waals surface area (Å²) in [4.78, 5) is 2.40. The number of para-hydroxylation sites is 1. The first-order valence-corrected chi connectivity index (χ1v) is 20.0. The van der Waals surface area contributed by atoms with Crippen LogP contribution in [0.3, 0.4) is 0 Å². The van der Waals surface area contributed by atoms with E-state index in [0.717, 1.165) is 34.4 Å². The average molecular weight is 739 g/mol. The largest absolute Gasteiger partial charge is 0.309 e. The molecular formula is C56H38N2. The van der Waals surface area contributed by atoms with Gasteiger partial charge in [-0.2, -0.15) is 0 Å². The third kappa shape index (κ3) is 5.83. The molecule has 0 amide bonds. The lowest BCUT2D eigenvalue weighted by Gasteiger charge is -2.28. The second-order valence-electron chi connectivity index (χ2n) is 15.0. The predicted octanol–water partition coefficient (Wildman–Crippen LogP) is 13.2. The maximum absolute atomic E-state index is 3.89. The molecule has 0 unspecified atom stereocenters. The number of hydrogen-bond acceptors (Lipinski definition) is 1. The fourth-order valence-electron chi connectivity index (χ4n) is 8.86. The monoisotopic (exact) mass is 738 g/mol. The molecule has 0 radical (unpaired) electrons. The van der Waals surface area contributed by atoms with Gasteiger partial charge in [-0.05, 0) is 104 Å². The van der Waals surface area contributed by atoms with Crippen LogP contribution < -0.4 is 15.3 Å². The van der Waals surface area contributed by atoms with E-state index in [9.17, 15) is 0 Å². The van der Waals surface area contributed by atoms with Crippen molar-refractivity contribution in [3.05, 3.63) is 228 Å². The highest BCUT2D eigenvalue weighted by Crippen LogP contribution is 2.42. The Morgan fingerprint density at radius 3 is 1.88 bits per heavy atom. The van der Waals surface area contributed by atoms with Gasteiger partial charge in [0.05, 0.1) is 16.7 Å². The molecule has 2 heteroatoms. The van der Waals surface area contributed by atoms with E-state index in [0.29, 0.717) is 0 Å². The molecule has 2 nitrogen and oxygen atoms in total. The summed E-state index contributed by atoms with van der Waals surface area (Å²) in [7, 11) is 0. The number of hydrogen-bond donors (Lipinski definition) is 0. The smallest absolute Gasteiger partial charge is 0.0700 e. The summed E-state index contributed by atoms with van der Waals surface area (Å²) in [5, 5.41) is 7.38. The molecule has 9 aromatic carbocycles. The lowest BCUT2D eigenvalue weighted by Crippen LogP contribution is -2.29. The maximum atomic E-state index is 3.89. The number of anilines is 2. The third-order valence-electron chi connectivity index (χ3n) is 11.6. The summed E-state index contributed by atoms with van der Waals surface area (Å²) < 4.78 is 2.42. The van der Waals surface area contributed by atoms with Crippen LogP contribution in [0.5, 0.6) is 0 Å². The molecule has 0 spiro atoms. The third-order valence-corrected chi connectivity index (χ3v) is 11.6. The zero-order chi connectivity index (χ0) is 38.4. The Balaban J connectivity index is 1.11. The number of benzene rings is 9. The van der Waals surface area contributed by atoms with Crippen molar-refractivity contribution in [3.8, 4) is 39.1 Å². The van der Waals surface area contributed by atoms with Gasteiger partial charge in [0, 0.05) is 39.5 Å². The van der Waals surface area contributed by atoms with Gasteiger partial charge in [0.25, 0.3) is 0 Å². The molecule has 1 aliphatic rings. The van der Waals surface area contributed by atoms with Crippen LogP contribution in [-0.4, -0.2) is 4.57 Å². The van der Waals surface area contributed by atoms with Crippen LogP contribution in [0, 0.1) is 0 Å². The first kappa shape index (κ1) is 33.7.